The first-order valence-corrected chi connectivity index (χ1v) is 8.43. The van der Waals surface area contributed by atoms with Crippen molar-refractivity contribution in [1.29, 1.82) is 0 Å². The maximum atomic E-state index is 13.3. The van der Waals surface area contributed by atoms with Crippen LogP contribution in [-0.2, 0) is 4.79 Å². The molecule has 2 aromatic carbocycles. The minimum absolute atomic E-state index is 0.192. The second kappa shape index (κ2) is 7.47. The smallest absolute Gasteiger partial charge is 0.262 e. The molecule has 1 fully saturated rings. The quantitative estimate of drug-likeness (QED) is 0.915. The van der Waals surface area contributed by atoms with E-state index in [1.165, 1.54) is 14.2 Å². The van der Waals surface area contributed by atoms with E-state index in [9.17, 15) is 9.59 Å². The maximum Gasteiger partial charge on any atom is 0.262 e. The number of hydrogen-bond donors (Lipinski definition) is 1. The number of carbonyl (C=O) groups is 2. The van der Waals surface area contributed by atoms with E-state index in [2.05, 4.69) is 5.32 Å². The molecule has 1 atom stereocenters. The Bertz CT molecular complexity index is 795. The Hall–Kier alpha value is -3.02. The lowest BCUT2D eigenvalue weighted by atomic mass is 9.99. The Morgan fingerprint density at radius 2 is 1.69 bits per heavy atom. The Balaban J connectivity index is 2.04. The normalized spacial score (nSPS) is 16.8. The van der Waals surface area contributed by atoms with Gasteiger partial charge in [0.1, 0.15) is 23.1 Å². The van der Waals surface area contributed by atoms with Crippen molar-refractivity contribution < 1.29 is 19.1 Å². The SMILES string of the molecule is COc1cccc(OC)c1C(=O)N1CCNC(=O)C1c1ccc(C)cc1. The van der Waals surface area contributed by atoms with Crippen molar-refractivity contribution >= 4 is 11.8 Å². The Morgan fingerprint density at radius 1 is 1.08 bits per heavy atom. The fraction of sp³-hybridized carbons (Fsp3) is 0.300. The third-order valence-electron chi connectivity index (χ3n) is 4.51. The van der Waals surface area contributed by atoms with Gasteiger partial charge in [0.15, 0.2) is 0 Å². The highest BCUT2D eigenvalue weighted by molar-refractivity contribution is 6.02. The van der Waals surface area contributed by atoms with Gasteiger partial charge in [-0.05, 0) is 24.6 Å². The monoisotopic (exact) mass is 354 g/mol. The summed E-state index contributed by atoms with van der Waals surface area (Å²) in [6, 6.07) is 12.1. The zero-order chi connectivity index (χ0) is 18.7. The number of amides is 2. The molecule has 1 aliphatic heterocycles. The molecule has 0 aromatic heterocycles. The van der Waals surface area contributed by atoms with E-state index >= 15 is 0 Å². The van der Waals surface area contributed by atoms with Crippen LogP contribution in [-0.4, -0.2) is 44.0 Å². The topological polar surface area (TPSA) is 67.9 Å². The van der Waals surface area contributed by atoms with Crippen LogP contribution in [0.5, 0.6) is 11.5 Å². The second-order valence-electron chi connectivity index (χ2n) is 6.14. The van der Waals surface area contributed by atoms with E-state index in [4.69, 9.17) is 9.47 Å². The number of ether oxygens (including phenoxy) is 2. The number of carbonyl (C=O) groups excluding carboxylic acids is 2. The Morgan fingerprint density at radius 3 is 2.27 bits per heavy atom. The van der Waals surface area contributed by atoms with Gasteiger partial charge in [-0.2, -0.15) is 0 Å². The number of nitrogens with zero attached hydrogens (tertiary/aromatic N) is 1. The Labute approximate surface area is 152 Å². The van der Waals surface area contributed by atoms with Gasteiger partial charge in [-0.3, -0.25) is 9.59 Å². The molecule has 6 heteroatoms. The zero-order valence-corrected chi connectivity index (χ0v) is 15.1. The summed E-state index contributed by atoms with van der Waals surface area (Å²) in [5.74, 6) is 0.355. The molecule has 0 spiro atoms. The Kier molecular flexibility index (Phi) is 5.11. The fourth-order valence-corrected chi connectivity index (χ4v) is 3.17. The van der Waals surface area contributed by atoms with Gasteiger partial charge in [-0.25, -0.2) is 0 Å². The lowest BCUT2D eigenvalue weighted by Crippen LogP contribution is -2.52. The van der Waals surface area contributed by atoms with Crippen LogP contribution in [0.4, 0.5) is 0 Å². The molecule has 1 saturated heterocycles. The molecule has 0 saturated carbocycles. The fourth-order valence-electron chi connectivity index (χ4n) is 3.17. The largest absolute Gasteiger partial charge is 0.496 e. The van der Waals surface area contributed by atoms with Crippen molar-refractivity contribution in [3.63, 3.8) is 0 Å². The third kappa shape index (κ3) is 3.22. The van der Waals surface area contributed by atoms with Crippen LogP contribution in [0.25, 0.3) is 0 Å². The number of aryl methyl sites for hydroxylation is 1. The summed E-state index contributed by atoms with van der Waals surface area (Å²) in [6.45, 7) is 2.79. The summed E-state index contributed by atoms with van der Waals surface area (Å²) < 4.78 is 10.7. The highest BCUT2D eigenvalue weighted by atomic mass is 16.5. The van der Waals surface area contributed by atoms with Crippen LogP contribution in [0.2, 0.25) is 0 Å². The summed E-state index contributed by atoms with van der Waals surface area (Å²) in [6.07, 6.45) is 0. The molecule has 2 aromatic rings. The second-order valence-corrected chi connectivity index (χ2v) is 6.14. The van der Waals surface area contributed by atoms with E-state index in [0.717, 1.165) is 11.1 Å². The number of rotatable bonds is 4. The summed E-state index contributed by atoms with van der Waals surface area (Å²) in [7, 11) is 3.01. The summed E-state index contributed by atoms with van der Waals surface area (Å²) >= 11 is 0. The first kappa shape index (κ1) is 17.8. The standard InChI is InChI=1S/C20H22N2O4/c1-13-7-9-14(10-8-13)18-19(23)21-11-12-22(18)20(24)17-15(25-2)5-4-6-16(17)26-3/h4-10,18H,11-12H2,1-3H3,(H,21,23). The number of piperazine rings is 1. The van der Waals surface area contributed by atoms with Crippen molar-refractivity contribution in [3.8, 4) is 11.5 Å². The molecular formula is C20H22N2O4. The molecule has 0 bridgehead atoms. The number of methoxy groups -OCH3 is 2. The van der Waals surface area contributed by atoms with Crippen molar-refractivity contribution in [2.24, 2.45) is 0 Å². The van der Waals surface area contributed by atoms with Crippen molar-refractivity contribution in [1.82, 2.24) is 10.2 Å². The average Bonchev–Trinajstić information content (AvgIpc) is 2.67. The van der Waals surface area contributed by atoms with E-state index in [-0.39, 0.29) is 11.8 Å². The van der Waals surface area contributed by atoms with Gasteiger partial charge in [-0.15, -0.1) is 0 Å². The van der Waals surface area contributed by atoms with Crippen LogP contribution < -0.4 is 14.8 Å². The number of hydrogen-bond acceptors (Lipinski definition) is 4. The van der Waals surface area contributed by atoms with Gasteiger partial charge in [0, 0.05) is 13.1 Å². The molecule has 0 radical (unpaired) electrons. The molecule has 1 heterocycles. The molecular weight excluding hydrogens is 332 g/mol. The van der Waals surface area contributed by atoms with E-state index in [0.29, 0.717) is 30.2 Å². The van der Waals surface area contributed by atoms with Gasteiger partial charge >= 0.3 is 0 Å². The maximum absolute atomic E-state index is 13.3. The molecule has 2 amide bonds. The van der Waals surface area contributed by atoms with Crippen molar-refractivity contribution in [3.05, 3.63) is 59.2 Å². The summed E-state index contributed by atoms with van der Waals surface area (Å²) in [4.78, 5) is 27.5. The van der Waals surface area contributed by atoms with Crippen LogP contribution >= 0.6 is 0 Å². The highest BCUT2D eigenvalue weighted by Crippen LogP contribution is 2.33. The van der Waals surface area contributed by atoms with Gasteiger partial charge < -0.3 is 19.7 Å². The molecule has 1 aliphatic rings. The molecule has 136 valence electrons. The first-order chi connectivity index (χ1) is 12.6. The zero-order valence-electron chi connectivity index (χ0n) is 15.1. The van der Waals surface area contributed by atoms with Crippen LogP contribution in [0, 0.1) is 6.92 Å². The third-order valence-corrected chi connectivity index (χ3v) is 4.51. The van der Waals surface area contributed by atoms with Crippen molar-refractivity contribution in [2.75, 3.05) is 27.3 Å². The molecule has 0 aliphatic carbocycles. The van der Waals surface area contributed by atoms with Crippen LogP contribution in [0.1, 0.15) is 27.5 Å². The average molecular weight is 354 g/mol. The first-order valence-electron chi connectivity index (χ1n) is 8.43. The van der Waals surface area contributed by atoms with E-state index in [1.807, 2.05) is 31.2 Å². The molecule has 26 heavy (non-hydrogen) atoms. The summed E-state index contributed by atoms with van der Waals surface area (Å²) in [5.41, 5.74) is 2.19. The van der Waals surface area contributed by atoms with Gasteiger partial charge in [0.05, 0.1) is 14.2 Å². The molecule has 6 nitrogen and oxygen atoms in total. The van der Waals surface area contributed by atoms with Gasteiger partial charge in [0.25, 0.3) is 5.91 Å². The predicted molar refractivity (Wildman–Crippen MR) is 97.5 cm³/mol. The van der Waals surface area contributed by atoms with Crippen molar-refractivity contribution in [2.45, 2.75) is 13.0 Å². The minimum atomic E-state index is -0.688. The molecule has 1 N–H and O–H groups in total. The number of nitrogens with one attached hydrogen (secondary N) is 1. The van der Waals surface area contributed by atoms with E-state index in [1.54, 1.807) is 23.1 Å². The lowest BCUT2D eigenvalue weighted by molar-refractivity contribution is -0.128. The van der Waals surface area contributed by atoms with Crippen LogP contribution in [0.3, 0.4) is 0 Å². The molecule has 1 unspecified atom stereocenters. The predicted octanol–water partition coefficient (Wildman–Crippen LogP) is 2.33. The van der Waals surface area contributed by atoms with E-state index < -0.39 is 6.04 Å². The number of benzene rings is 2. The summed E-state index contributed by atoms with van der Waals surface area (Å²) in [5, 5.41) is 2.84. The highest BCUT2D eigenvalue weighted by Gasteiger charge is 2.36. The van der Waals surface area contributed by atoms with Gasteiger partial charge in [-0.1, -0.05) is 35.9 Å². The molecule has 3 rings (SSSR count). The van der Waals surface area contributed by atoms with Gasteiger partial charge in [0.2, 0.25) is 5.91 Å². The van der Waals surface area contributed by atoms with Crippen LogP contribution in [0.15, 0.2) is 42.5 Å². The minimum Gasteiger partial charge on any atom is -0.496 e. The lowest BCUT2D eigenvalue weighted by Gasteiger charge is -2.35.